The van der Waals surface area contributed by atoms with E-state index in [1.807, 2.05) is 78.2 Å². The summed E-state index contributed by atoms with van der Waals surface area (Å²) in [5, 5.41) is 9.62. The summed E-state index contributed by atoms with van der Waals surface area (Å²) in [5.41, 5.74) is 4.68. The Morgan fingerprint density at radius 2 is 1.72 bits per heavy atom. The fraction of sp³-hybridized carbons (Fsp3) is 0.115. The Bertz CT molecular complexity index is 1260. The van der Waals surface area contributed by atoms with Crippen LogP contribution in [-0.2, 0) is 6.61 Å². The maximum absolute atomic E-state index is 11.7. The van der Waals surface area contributed by atoms with E-state index in [2.05, 4.69) is 15.9 Å². The zero-order valence-corrected chi connectivity index (χ0v) is 19.3. The van der Waals surface area contributed by atoms with E-state index in [0.717, 1.165) is 38.4 Å². The summed E-state index contributed by atoms with van der Waals surface area (Å²) in [7, 11) is 1.46. The van der Waals surface area contributed by atoms with Crippen LogP contribution < -0.4 is 9.47 Å². The quantitative estimate of drug-likeness (QED) is 0.320. The van der Waals surface area contributed by atoms with Crippen molar-refractivity contribution in [2.75, 3.05) is 7.11 Å². The van der Waals surface area contributed by atoms with E-state index in [9.17, 15) is 9.90 Å². The normalized spacial score (nSPS) is 10.7. The number of halogens is 1. The van der Waals surface area contributed by atoms with Gasteiger partial charge in [0, 0.05) is 21.4 Å². The number of aromatic carboxylic acids is 1. The minimum Gasteiger partial charge on any atom is -0.496 e. The Labute approximate surface area is 195 Å². The Morgan fingerprint density at radius 3 is 2.44 bits per heavy atom. The van der Waals surface area contributed by atoms with Crippen LogP contribution in [-0.4, -0.2) is 22.8 Å². The number of carboxylic acid groups (broad SMARTS) is 1. The topological polar surface area (TPSA) is 60.7 Å². The maximum Gasteiger partial charge on any atom is 0.339 e. The molecule has 0 aliphatic rings. The highest BCUT2D eigenvalue weighted by Crippen LogP contribution is 2.36. The molecule has 0 atom stereocenters. The average Bonchev–Trinajstić information content (AvgIpc) is 3.19. The van der Waals surface area contributed by atoms with E-state index < -0.39 is 5.97 Å². The highest BCUT2D eigenvalue weighted by atomic mass is 79.9. The molecular weight excluding hydrogens is 470 g/mol. The fourth-order valence-corrected chi connectivity index (χ4v) is 4.02. The minimum atomic E-state index is -1.04. The van der Waals surface area contributed by atoms with E-state index in [1.165, 1.54) is 7.11 Å². The predicted molar refractivity (Wildman–Crippen MR) is 128 cm³/mol. The average molecular weight is 492 g/mol. The van der Waals surface area contributed by atoms with Gasteiger partial charge in [-0.3, -0.25) is 0 Å². The molecule has 0 unspecified atom stereocenters. The third-order valence-corrected chi connectivity index (χ3v) is 5.70. The molecule has 3 aromatic carbocycles. The third kappa shape index (κ3) is 4.41. The molecule has 0 saturated heterocycles. The first-order valence-corrected chi connectivity index (χ1v) is 10.8. The lowest BCUT2D eigenvalue weighted by molar-refractivity contribution is 0.0693. The first-order valence-electron chi connectivity index (χ1n) is 10.0. The summed E-state index contributed by atoms with van der Waals surface area (Å²) < 4.78 is 14.3. The van der Waals surface area contributed by atoms with Crippen molar-refractivity contribution in [2.24, 2.45) is 0 Å². The Kier molecular flexibility index (Phi) is 6.32. The van der Waals surface area contributed by atoms with Crippen LogP contribution in [0, 0.1) is 6.92 Å². The summed E-state index contributed by atoms with van der Waals surface area (Å²) in [4.78, 5) is 11.7. The lowest BCUT2D eigenvalue weighted by atomic mass is 10.1. The zero-order chi connectivity index (χ0) is 22.7. The van der Waals surface area contributed by atoms with Crippen LogP contribution in [0.5, 0.6) is 11.5 Å². The number of hydrogen-bond donors (Lipinski definition) is 1. The number of ether oxygens (including phenoxy) is 2. The van der Waals surface area contributed by atoms with E-state index >= 15 is 0 Å². The van der Waals surface area contributed by atoms with Gasteiger partial charge in [0.1, 0.15) is 23.7 Å². The smallest absolute Gasteiger partial charge is 0.339 e. The Morgan fingerprint density at radius 1 is 0.969 bits per heavy atom. The van der Waals surface area contributed by atoms with Gasteiger partial charge in [-0.15, -0.1) is 0 Å². The van der Waals surface area contributed by atoms with E-state index in [0.29, 0.717) is 12.4 Å². The number of carbonyl (C=O) groups is 1. The molecular formula is C26H22BrNO4. The van der Waals surface area contributed by atoms with Gasteiger partial charge in [-0.25, -0.2) is 4.79 Å². The van der Waals surface area contributed by atoms with Gasteiger partial charge >= 0.3 is 5.97 Å². The van der Waals surface area contributed by atoms with Crippen LogP contribution in [0.2, 0.25) is 0 Å². The van der Waals surface area contributed by atoms with Gasteiger partial charge in [-0.2, -0.15) is 0 Å². The standard InChI is InChI=1S/C26H22BrNO4/c1-17-8-11-23(28(17)20-10-13-24(31-2)22(15-20)26(29)30)21-14-19(27)9-12-25(21)32-16-18-6-4-3-5-7-18/h3-15H,16H2,1-2H3,(H,29,30). The van der Waals surface area contributed by atoms with E-state index in [4.69, 9.17) is 9.47 Å². The van der Waals surface area contributed by atoms with Crippen molar-refractivity contribution < 1.29 is 19.4 Å². The van der Waals surface area contributed by atoms with Gasteiger partial charge in [-0.05, 0) is 61.0 Å². The molecule has 5 nitrogen and oxygen atoms in total. The van der Waals surface area contributed by atoms with Gasteiger partial charge in [0.05, 0.1) is 12.8 Å². The largest absolute Gasteiger partial charge is 0.496 e. The lowest BCUT2D eigenvalue weighted by Gasteiger charge is -2.17. The van der Waals surface area contributed by atoms with Crippen molar-refractivity contribution >= 4 is 21.9 Å². The number of methoxy groups -OCH3 is 1. The third-order valence-electron chi connectivity index (χ3n) is 5.20. The zero-order valence-electron chi connectivity index (χ0n) is 17.7. The maximum atomic E-state index is 11.7. The van der Waals surface area contributed by atoms with E-state index in [1.54, 1.807) is 12.1 Å². The molecule has 0 aliphatic heterocycles. The van der Waals surface area contributed by atoms with Crippen molar-refractivity contribution in [3.05, 3.63) is 100 Å². The molecule has 0 saturated carbocycles. The molecule has 6 heteroatoms. The summed E-state index contributed by atoms with van der Waals surface area (Å²) in [5.74, 6) is 0.0229. The van der Waals surface area contributed by atoms with Gasteiger partial charge in [0.2, 0.25) is 0 Å². The Balaban J connectivity index is 1.79. The molecule has 0 amide bonds. The molecule has 0 spiro atoms. The van der Waals surface area contributed by atoms with E-state index in [-0.39, 0.29) is 5.56 Å². The van der Waals surface area contributed by atoms with Crippen LogP contribution in [0.15, 0.2) is 83.3 Å². The first kappa shape index (κ1) is 21.7. The SMILES string of the molecule is COc1ccc(-n2c(C)ccc2-c2cc(Br)ccc2OCc2ccccc2)cc1C(=O)O. The van der Waals surface area contributed by atoms with Crippen LogP contribution >= 0.6 is 15.9 Å². The number of aryl methyl sites for hydroxylation is 1. The van der Waals surface area contributed by atoms with Gasteiger partial charge in [-0.1, -0.05) is 46.3 Å². The number of rotatable bonds is 7. The summed E-state index contributed by atoms with van der Waals surface area (Å²) in [6.07, 6.45) is 0. The van der Waals surface area contributed by atoms with Crippen LogP contribution in [0.3, 0.4) is 0 Å². The molecule has 1 heterocycles. The minimum absolute atomic E-state index is 0.110. The number of aromatic nitrogens is 1. The molecule has 4 rings (SSSR count). The fourth-order valence-electron chi connectivity index (χ4n) is 3.66. The second-order valence-electron chi connectivity index (χ2n) is 7.30. The van der Waals surface area contributed by atoms with Crippen molar-refractivity contribution in [2.45, 2.75) is 13.5 Å². The second-order valence-corrected chi connectivity index (χ2v) is 8.22. The second kappa shape index (κ2) is 9.32. The van der Waals surface area contributed by atoms with Crippen LogP contribution in [0.25, 0.3) is 16.9 Å². The van der Waals surface area contributed by atoms with Crippen molar-refractivity contribution in [1.82, 2.24) is 4.57 Å². The van der Waals surface area contributed by atoms with Crippen molar-refractivity contribution in [3.8, 4) is 28.4 Å². The first-order chi connectivity index (χ1) is 15.5. The van der Waals surface area contributed by atoms with Crippen LogP contribution in [0.1, 0.15) is 21.6 Å². The molecule has 0 aliphatic carbocycles. The molecule has 4 aromatic rings. The van der Waals surface area contributed by atoms with Crippen LogP contribution in [0.4, 0.5) is 0 Å². The molecule has 0 radical (unpaired) electrons. The monoisotopic (exact) mass is 491 g/mol. The van der Waals surface area contributed by atoms with Gasteiger partial charge in [0.25, 0.3) is 0 Å². The highest BCUT2D eigenvalue weighted by Gasteiger charge is 2.18. The molecule has 0 fully saturated rings. The molecule has 0 bridgehead atoms. The summed E-state index contributed by atoms with van der Waals surface area (Å²) in [6, 6.07) is 25.0. The van der Waals surface area contributed by atoms with Gasteiger partial charge < -0.3 is 19.1 Å². The Hall–Kier alpha value is -3.51. The molecule has 1 aromatic heterocycles. The highest BCUT2D eigenvalue weighted by molar-refractivity contribution is 9.10. The number of hydrogen-bond acceptors (Lipinski definition) is 3. The summed E-state index contributed by atoms with van der Waals surface area (Å²) in [6.45, 7) is 2.43. The van der Waals surface area contributed by atoms with Gasteiger partial charge in [0.15, 0.2) is 0 Å². The molecule has 162 valence electrons. The number of carboxylic acids is 1. The summed E-state index contributed by atoms with van der Waals surface area (Å²) >= 11 is 3.57. The molecule has 1 N–H and O–H groups in total. The van der Waals surface area contributed by atoms with Crippen molar-refractivity contribution in [1.29, 1.82) is 0 Å². The molecule has 32 heavy (non-hydrogen) atoms. The van der Waals surface area contributed by atoms with Crippen molar-refractivity contribution in [3.63, 3.8) is 0 Å². The lowest BCUT2D eigenvalue weighted by Crippen LogP contribution is -2.05. The number of benzene rings is 3. The number of nitrogens with zero attached hydrogens (tertiary/aromatic N) is 1. The predicted octanol–water partition coefficient (Wildman–Crippen LogP) is 6.50.